The SMILES string of the molecule is Cn1nccc1C(=O)NCc1nc2ccc(C(NC(=O)CCC(F)(F)F)C3CC3)cc2[nH]1.FC1(F)CCCCC1. The van der Waals surface area contributed by atoms with Crippen LogP contribution in [0, 0.1) is 5.92 Å². The van der Waals surface area contributed by atoms with Crippen LogP contribution in [0.1, 0.15) is 85.7 Å². The summed E-state index contributed by atoms with van der Waals surface area (Å²) in [7, 11) is 1.68. The Balaban J connectivity index is 0.000000398. The number of imidazole rings is 1. The van der Waals surface area contributed by atoms with Gasteiger partial charge in [0.2, 0.25) is 11.8 Å². The molecule has 2 aliphatic rings. The lowest BCUT2D eigenvalue weighted by atomic mass is 9.97. The average molecular weight is 569 g/mol. The minimum absolute atomic E-state index is 0.118. The minimum atomic E-state index is -4.36. The van der Waals surface area contributed by atoms with Crippen molar-refractivity contribution in [3.8, 4) is 0 Å². The van der Waals surface area contributed by atoms with Crippen molar-refractivity contribution in [2.75, 3.05) is 0 Å². The molecule has 13 heteroatoms. The number of carbonyl (C=O) groups is 2. The number of hydrogen-bond acceptors (Lipinski definition) is 4. The molecule has 5 rings (SSSR count). The van der Waals surface area contributed by atoms with E-state index < -0.39 is 30.8 Å². The Bertz CT molecular complexity index is 1310. The van der Waals surface area contributed by atoms with Gasteiger partial charge in [-0.15, -0.1) is 0 Å². The Morgan fingerprint density at radius 1 is 1.15 bits per heavy atom. The third kappa shape index (κ3) is 8.49. The Hall–Kier alpha value is -3.51. The molecule has 0 bridgehead atoms. The maximum Gasteiger partial charge on any atom is 0.389 e. The third-order valence-corrected chi connectivity index (χ3v) is 7.01. The summed E-state index contributed by atoms with van der Waals surface area (Å²) < 4.78 is 63.1. The maximum atomic E-state index is 12.4. The fraction of sp³-hybridized carbons (Fsp3) is 0.556. The first-order valence-corrected chi connectivity index (χ1v) is 13.4. The number of aryl methyl sites for hydroxylation is 1. The highest BCUT2D eigenvalue weighted by Crippen LogP contribution is 2.41. The smallest absolute Gasteiger partial charge is 0.349 e. The van der Waals surface area contributed by atoms with E-state index in [1.165, 1.54) is 10.9 Å². The van der Waals surface area contributed by atoms with Crippen molar-refractivity contribution in [1.82, 2.24) is 30.4 Å². The normalized spacial score (nSPS) is 17.6. The van der Waals surface area contributed by atoms with E-state index >= 15 is 0 Å². The second-order valence-corrected chi connectivity index (χ2v) is 10.4. The molecule has 2 amide bonds. The van der Waals surface area contributed by atoms with Gasteiger partial charge >= 0.3 is 6.18 Å². The van der Waals surface area contributed by atoms with Crippen LogP contribution in [0.2, 0.25) is 0 Å². The fourth-order valence-corrected chi connectivity index (χ4v) is 4.68. The number of amides is 2. The molecule has 2 aromatic heterocycles. The summed E-state index contributed by atoms with van der Waals surface area (Å²) in [6.07, 6.45) is -0.0501. The molecule has 8 nitrogen and oxygen atoms in total. The molecule has 2 saturated carbocycles. The second-order valence-electron chi connectivity index (χ2n) is 10.4. The summed E-state index contributed by atoms with van der Waals surface area (Å²) in [6.45, 7) is 0.189. The summed E-state index contributed by atoms with van der Waals surface area (Å²) >= 11 is 0. The zero-order valence-corrected chi connectivity index (χ0v) is 22.2. The van der Waals surface area contributed by atoms with Gasteiger partial charge in [0.15, 0.2) is 0 Å². The average Bonchev–Trinajstić information content (AvgIpc) is 3.50. The Morgan fingerprint density at radius 3 is 2.45 bits per heavy atom. The van der Waals surface area contributed by atoms with Crippen LogP contribution >= 0.6 is 0 Å². The highest BCUT2D eigenvalue weighted by Gasteiger charge is 2.35. The van der Waals surface area contributed by atoms with Gasteiger partial charge in [-0.05, 0) is 55.4 Å². The molecule has 0 aliphatic heterocycles. The number of aromatic amines is 1. The standard InChI is InChI=1S/C21H23F3N6O2.C6H10F2/c1-30-16(7-9-26-30)20(32)25-11-17-27-14-5-4-13(10-15(14)28-17)19(12-2-3-12)29-18(31)6-8-21(22,23)24;7-6(8)4-2-1-3-5-6/h4-5,7,9-10,12,19H,2-3,6,8,11H2,1H3,(H,25,32)(H,27,28)(H,29,31);1-5H2. The summed E-state index contributed by atoms with van der Waals surface area (Å²) in [6, 6.07) is 6.75. The first-order valence-electron chi connectivity index (χ1n) is 13.4. The van der Waals surface area contributed by atoms with E-state index in [1.807, 2.05) is 12.1 Å². The Labute approximate surface area is 228 Å². The van der Waals surface area contributed by atoms with Crippen molar-refractivity contribution >= 4 is 22.8 Å². The molecule has 0 spiro atoms. The number of nitrogens with zero attached hydrogens (tertiary/aromatic N) is 3. The number of fused-ring (bicyclic) bond motifs is 1. The summed E-state index contributed by atoms with van der Waals surface area (Å²) in [5.74, 6) is -2.44. The van der Waals surface area contributed by atoms with Gasteiger partial charge in [-0.3, -0.25) is 14.3 Å². The van der Waals surface area contributed by atoms with Crippen LogP contribution in [0.4, 0.5) is 22.0 Å². The maximum absolute atomic E-state index is 12.4. The molecule has 0 radical (unpaired) electrons. The van der Waals surface area contributed by atoms with E-state index in [4.69, 9.17) is 0 Å². The predicted octanol–water partition coefficient (Wildman–Crippen LogP) is 5.72. The molecule has 2 aliphatic carbocycles. The van der Waals surface area contributed by atoms with E-state index in [-0.39, 0.29) is 37.3 Å². The molecule has 1 unspecified atom stereocenters. The van der Waals surface area contributed by atoms with Crippen molar-refractivity contribution in [3.05, 3.63) is 47.5 Å². The molecule has 3 aromatic rings. The Kier molecular flexibility index (Phi) is 9.09. The van der Waals surface area contributed by atoms with Gasteiger partial charge in [-0.2, -0.15) is 18.3 Å². The van der Waals surface area contributed by atoms with Crippen LogP contribution in [0.25, 0.3) is 11.0 Å². The minimum Gasteiger partial charge on any atom is -0.349 e. The molecule has 2 fully saturated rings. The summed E-state index contributed by atoms with van der Waals surface area (Å²) in [5.41, 5.74) is 2.66. The van der Waals surface area contributed by atoms with Crippen LogP contribution in [0.15, 0.2) is 30.5 Å². The second kappa shape index (κ2) is 12.3. The summed E-state index contributed by atoms with van der Waals surface area (Å²) in [4.78, 5) is 31.9. The molecular formula is C27H33F5N6O2. The number of H-pyrrole nitrogens is 1. The van der Waals surface area contributed by atoms with Gasteiger partial charge in [0.25, 0.3) is 5.91 Å². The molecule has 1 aromatic carbocycles. The fourth-order valence-electron chi connectivity index (χ4n) is 4.68. The predicted molar refractivity (Wildman–Crippen MR) is 137 cm³/mol. The molecule has 3 N–H and O–H groups in total. The first-order chi connectivity index (χ1) is 18.9. The van der Waals surface area contributed by atoms with Crippen LogP contribution in [0.3, 0.4) is 0 Å². The molecule has 218 valence electrons. The van der Waals surface area contributed by atoms with Crippen LogP contribution in [-0.2, 0) is 18.4 Å². The van der Waals surface area contributed by atoms with E-state index in [1.54, 1.807) is 19.2 Å². The van der Waals surface area contributed by atoms with Crippen molar-refractivity contribution in [1.29, 1.82) is 0 Å². The van der Waals surface area contributed by atoms with Crippen LogP contribution in [-0.4, -0.2) is 43.7 Å². The Morgan fingerprint density at radius 2 is 1.88 bits per heavy atom. The number of halogens is 5. The largest absolute Gasteiger partial charge is 0.389 e. The van der Waals surface area contributed by atoms with E-state index in [2.05, 4.69) is 25.7 Å². The number of carbonyl (C=O) groups excluding carboxylic acids is 2. The number of alkyl halides is 5. The number of benzene rings is 1. The lowest BCUT2D eigenvalue weighted by Crippen LogP contribution is -2.30. The molecular weight excluding hydrogens is 535 g/mol. The highest BCUT2D eigenvalue weighted by atomic mass is 19.4. The quantitative estimate of drug-likeness (QED) is 0.302. The first kappa shape index (κ1) is 29.5. The van der Waals surface area contributed by atoms with Gasteiger partial charge in [0.1, 0.15) is 11.5 Å². The lowest BCUT2D eigenvalue weighted by Gasteiger charge is -2.20. The van der Waals surface area contributed by atoms with Gasteiger partial charge in [0, 0.05) is 32.5 Å². The summed E-state index contributed by atoms with van der Waals surface area (Å²) in [5, 5.41) is 9.50. The van der Waals surface area contributed by atoms with Crippen molar-refractivity contribution < 1.29 is 31.5 Å². The van der Waals surface area contributed by atoms with Crippen LogP contribution in [0.5, 0.6) is 0 Å². The van der Waals surface area contributed by atoms with Crippen molar-refractivity contribution in [2.24, 2.45) is 13.0 Å². The molecule has 2 heterocycles. The van der Waals surface area contributed by atoms with E-state index in [0.29, 0.717) is 29.9 Å². The van der Waals surface area contributed by atoms with E-state index in [0.717, 1.165) is 30.3 Å². The lowest BCUT2D eigenvalue weighted by molar-refractivity contribution is -0.144. The van der Waals surface area contributed by atoms with Gasteiger partial charge < -0.3 is 15.6 Å². The molecule has 0 saturated heterocycles. The van der Waals surface area contributed by atoms with Crippen molar-refractivity contribution in [3.63, 3.8) is 0 Å². The van der Waals surface area contributed by atoms with Gasteiger partial charge in [-0.25, -0.2) is 13.8 Å². The number of rotatable bonds is 8. The monoisotopic (exact) mass is 568 g/mol. The zero-order chi connectivity index (χ0) is 28.9. The van der Waals surface area contributed by atoms with Crippen LogP contribution < -0.4 is 10.6 Å². The number of aromatic nitrogens is 4. The topological polar surface area (TPSA) is 105 Å². The zero-order valence-electron chi connectivity index (χ0n) is 22.2. The van der Waals surface area contributed by atoms with Gasteiger partial charge in [0.05, 0.1) is 30.0 Å². The molecule has 40 heavy (non-hydrogen) atoms. The third-order valence-electron chi connectivity index (χ3n) is 7.01. The molecule has 1 atom stereocenters. The highest BCUT2D eigenvalue weighted by molar-refractivity contribution is 5.92. The van der Waals surface area contributed by atoms with Crippen molar-refractivity contribution in [2.45, 2.75) is 82.5 Å². The van der Waals surface area contributed by atoms with E-state index in [9.17, 15) is 31.5 Å². The van der Waals surface area contributed by atoms with Gasteiger partial charge in [-0.1, -0.05) is 12.5 Å². The number of hydrogen-bond donors (Lipinski definition) is 3. The number of nitrogens with one attached hydrogen (secondary N) is 3.